The molecule has 0 bridgehead atoms. The molecule has 197 valence electrons. The SMILES string of the molecule is CC(C)(C)C(=O)/C=C(\O)C(C)(C)C.Cc1[c-]c(Oc2nccc3c2ccc2ccccc23)cc(C)c1.[Ir]. The van der Waals surface area contributed by atoms with Crippen molar-refractivity contribution in [2.45, 2.75) is 55.4 Å². The van der Waals surface area contributed by atoms with Gasteiger partial charge in [-0.05, 0) is 28.3 Å². The summed E-state index contributed by atoms with van der Waals surface area (Å²) in [6.45, 7) is 15.2. The molecule has 37 heavy (non-hydrogen) atoms. The fourth-order valence-corrected chi connectivity index (χ4v) is 3.56. The zero-order valence-electron chi connectivity index (χ0n) is 22.9. The third kappa shape index (κ3) is 7.98. The number of carbonyl (C=O) groups is 1. The average molecular weight is 675 g/mol. The largest absolute Gasteiger partial charge is 0.512 e. The van der Waals surface area contributed by atoms with Crippen LogP contribution >= 0.6 is 0 Å². The van der Waals surface area contributed by atoms with Gasteiger partial charge in [0.25, 0.3) is 0 Å². The summed E-state index contributed by atoms with van der Waals surface area (Å²) in [5.74, 6) is 1.43. The van der Waals surface area contributed by atoms with Crippen LogP contribution in [0.2, 0.25) is 0 Å². The van der Waals surface area contributed by atoms with E-state index in [1.165, 1.54) is 16.8 Å². The fraction of sp³-hybridized carbons (Fsp3) is 0.312. The minimum atomic E-state index is -0.417. The van der Waals surface area contributed by atoms with Gasteiger partial charge in [-0.1, -0.05) is 85.7 Å². The van der Waals surface area contributed by atoms with Crippen molar-refractivity contribution in [1.29, 1.82) is 0 Å². The molecule has 0 fully saturated rings. The first-order valence-electron chi connectivity index (χ1n) is 12.2. The molecule has 4 rings (SSSR count). The molecule has 4 nitrogen and oxygen atoms in total. The van der Waals surface area contributed by atoms with Gasteiger partial charge in [0.15, 0.2) is 5.78 Å². The molecule has 1 radical (unpaired) electrons. The Balaban J connectivity index is 0.000000299. The van der Waals surface area contributed by atoms with Crippen LogP contribution in [0.1, 0.15) is 52.7 Å². The monoisotopic (exact) mass is 675 g/mol. The second-order valence-electron chi connectivity index (χ2n) is 11.2. The summed E-state index contributed by atoms with van der Waals surface area (Å²) in [6.07, 6.45) is 3.13. The van der Waals surface area contributed by atoms with E-state index in [1.807, 2.05) is 60.6 Å². The maximum absolute atomic E-state index is 11.5. The second-order valence-corrected chi connectivity index (χ2v) is 11.2. The van der Waals surface area contributed by atoms with Gasteiger partial charge in [0.1, 0.15) is 5.76 Å². The Morgan fingerprint density at radius 2 is 1.57 bits per heavy atom. The fourth-order valence-electron chi connectivity index (χ4n) is 3.56. The Kier molecular flexibility index (Phi) is 9.82. The molecule has 4 aromatic rings. The molecule has 1 N–H and O–H groups in total. The normalized spacial score (nSPS) is 11.9. The van der Waals surface area contributed by atoms with Crippen LogP contribution in [0.4, 0.5) is 0 Å². The average Bonchev–Trinajstić information content (AvgIpc) is 2.77. The molecule has 0 aliphatic rings. The number of aliphatic hydroxyl groups excluding tert-OH is 1. The van der Waals surface area contributed by atoms with E-state index in [4.69, 9.17) is 4.74 Å². The number of ether oxygens (including phenoxy) is 1. The molecular weight excluding hydrogens is 639 g/mol. The Bertz CT molecular complexity index is 1410. The van der Waals surface area contributed by atoms with Gasteiger partial charge in [-0.3, -0.25) is 4.79 Å². The maximum atomic E-state index is 11.5. The van der Waals surface area contributed by atoms with Crippen molar-refractivity contribution in [3.05, 3.63) is 89.8 Å². The molecule has 0 atom stereocenters. The second kappa shape index (κ2) is 12.0. The van der Waals surface area contributed by atoms with Crippen molar-refractivity contribution in [3.8, 4) is 11.6 Å². The van der Waals surface area contributed by atoms with Crippen LogP contribution in [0.15, 0.2) is 72.6 Å². The quantitative estimate of drug-likeness (QED) is 0.102. The summed E-state index contributed by atoms with van der Waals surface area (Å²) in [5.41, 5.74) is 1.45. The standard InChI is InChI=1S/C21H16NO.C11H20O2.Ir/c1-14-11-15(2)13-17(12-14)23-21-20-8-7-16-5-3-4-6-18(16)19(20)9-10-22-21;1-10(2,3)8(12)7-9(13)11(4,5)6;/h3-12H,1-2H3;7,12H,1-6H3;/q-1;;/b;8-7-;. The molecule has 5 heteroatoms. The van der Waals surface area contributed by atoms with Gasteiger partial charge >= 0.3 is 0 Å². The number of aromatic nitrogens is 1. The van der Waals surface area contributed by atoms with Crippen LogP contribution in [-0.4, -0.2) is 15.9 Å². The number of rotatable bonds is 3. The topological polar surface area (TPSA) is 59.4 Å². The molecule has 0 aliphatic carbocycles. The van der Waals surface area contributed by atoms with Crippen molar-refractivity contribution in [1.82, 2.24) is 4.98 Å². The number of ketones is 1. The Labute approximate surface area is 234 Å². The molecular formula is C32H36IrNO3-. The number of benzene rings is 3. The van der Waals surface area contributed by atoms with Crippen LogP contribution in [0.5, 0.6) is 11.6 Å². The van der Waals surface area contributed by atoms with Gasteiger partial charge in [0, 0.05) is 54.3 Å². The summed E-state index contributed by atoms with van der Waals surface area (Å²) in [5, 5.41) is 14.2. The number of hydrogen-bond donors (Lipinski definition) is 1. The Morgan fingerprint density at radius 3 is 2.19 bits per heavy atom. The van der Waals surface area contributed by atoms with E-state index in [-0.39, 0.29) is 37.1 Å². The first-order valence-corrected chi connectivity index (χ1v) is 12.2. The summed E-state index contributed by atoms with van der Waals surface area (Å²) < 4.78 is 6.04. The van der Waals surface area contributed by atoms with E-state index < -0.39 is 5.41 Å². The van der Waals surface area contributed by atoms with Crippen molar-refractivity contribution in [3.63, 3.8) is 0 Å². The van der Waals surface area contributed by atoms with E-state index in [2.05, 4.69) is 60.4 Å². The van der Waals surface area contributed by atoms with Gasteiger partial charge in [0.05, 0.1) is 0 Å². The minimum Gasteiger partial charge on any atom is -0.512 e. The van der Waals surface area contributed by atoms with Crippen LogP contribution in [-0.2, 0) is 24.9 Å². The number of fused-ring (bicyclic) bond motifs is 3. The van der Waals surface area contributed by atoms with Crippen LogP contribution in [0.3, 0.4) is 0 Å². The van der Waals surface area contributed by atoms with E-state index >= 15 is 0 Å². The maximum Gasteiger partial charge on any atom is 0.224 e. The number of pyridine rings is 1. The van der Waals surface area contributed by atoms with E-state index in [0.29, 0.717) is 11.6 Å². The summed E-state index contributed by atoms with van der Waals surface area (Å²) in [4.78, 5) is 15.9. The number of carbonyl (C=O) groups excluding carboxylic acids is 1. The number of allylic oxidation sites excluding steroid dienone is 2. The molecule has 0 saturated heterocycles. The molecule has 0 amide bonds. The molecule has 1 heterocycles. The molecule has 0 spiro atoms. The van der Waals surface area contributed by atoms with Gasteiger partial charge in [-0.25, -0.2) is 4.98 Å². The minimum absolute atomic E-state index is 0. The third-order valence-electron chi connectivity index (χ3n) is 5.74. The van der Waals surface area contributed by atoms with Crippen molar-refractivity contribution < 1.29 is 34.7 Å². The molecule has 3 aromatic carbocycles. The molecule has 0 saturated carbocycles. The first-order chi connectivity index (χ1) is 16.8. The smallest absolute Gasteiger partial charge is 0.224 e. The van der Waals surface area contributed by atoms with Gasteiger partial charge in [-0.15, -0.1) is 12.1 Å². The van der Waals surface area contributed by atoms with E-state index in [0.717, 1.165) is 21.9 Å². The van der Waals surface area contributed by atoms with Crippen LogP contribution in [0.25, 0.3) is 21.5 Å². The van der Waals surface area contributed by atoms with Gasteiger partial charge < -0.3 is 9.84 Å². The number of aliphatic hydroxyl groups is 1. The van der Waals surface area contributed by atoms with Crippen molar-refractivity contribution in [2.24, 2.45) is 10.8 Å². The first kappa shape index (κ1) is 30.2. The molecule has 0 unspecified atom stereocenters. The summed E-state index contributed by atoms with van der Waals surface area (Å²) in [7, 11) is 0. The third-order valence-corrected chi connectivity index (χ3v) is 5.74. The predicted octanol–water partition coefficient (Wildman–Crippen LogP) is 8.68. The predicted molar refractivity (Wildman–Crippen MR) is 149 cm³/mol. The van der Waals surface area contributed by atoms with E-state index in [1.54, 1.807) is 6.20 Å². The number of aryl methyl sites for hydroxylation is 2. The number of nitrogens with zero attached hydrogens (tertiary/aromatic N) is 1. The van der Waals surface area contributed by atoms with Crippen LogP contribution in [0, 0.1) is 30.7 Å². The van der Waals surface area contributed by atoms with Gasteiger partial charge in [0.2, 0.25) is 5.88 Å². The van der Waals surface area contributed by atoms with Crippen molar-refractivity contribution >= 4 is 27.3 Å². The Hall–Kier alpha value is -3.01. The zero-order valence-corrected chi connectivity index (χ0v) is 25.3. The zero-order chi connectivity index (χ0) is 26.7. The molecule has 1 aromatic heterocycles. The van der Waals surface area contributed by atoms with E-state index in [9.17, 15) is 9.90 Å². The Morgan fingerprint density at radius 1 is 0.892 bits per heavy atom. The van der Waals surface area contributed by atoms with Crippen molar-refractivity contribution in [2.75, 3.05) is 0 Å². The summed E-state index contributed by atoms with van der Waals surface area (Å²) >= 11 is 0. The number of hydrogen-bond acceptors (Lipinski definition) is 4. The van der Waals surface area contributed by atoms with Crippen LogP contribution < -0.4 is 4.74 Å². The summed E-state index contributed by atoms with van der Waals surface area (Å²) in [6, 6.07) is 21.9. The molecule has 0 aliphatic heterocycles. The van der Waals surface area contributed by atoms with Gasteiger partial charge in [-0.2, -0.15) is 17.2 Å².